The van der Waals surface area contributed by atoms with Gasteiger partial charge in [-0.25, -0.2) is 4.39 Å². The summed E-state index contributed by atoms with van der Waals surface area (Å²) in [5.41, 5.74) is 2.58. The molecular weight excluding hydrogens is 427 g/mol. The zero-order valence-electron chi connectivity index (χ0n) is 15.8. The number of fused-ring (bicyclic) bond motifs is 1. The van der Waals surface area contributed by atoms with Gasteiger partial charge >= 0.3 is 5.97 Å². The summed E-state index contributed by atoms with van der Waals surface area (Å²) < 4.78 is 32.0. The number of esters is 1. The van der Waals surface area contributed by atoms with Gasteiger partial charge < -0.3 is 14.2 Å². The fraction of sp³-hybridized carbons (Fsp3) is 0.409. The number of rotatable bonds is 6. The lowest BCUT2D eigenvalue weighted by atomic mass is 10.1. The van der Waals surface area contributed by atoms with Crippen molar-refractivity contribution in [2.75, 3.05) is 13.7 Å². The molecular formula is C22H22BrFO4. The van der Waals surface area contributed by atoms with E-state index in [0.717, 1.165) is 34.9 Å². The van der Waals surface area contributed by atoms with Crippen LogP contribution in [0.4, 0.5) is 4.39 Å². The van der Waals surface area contributed by atoms with Gasteiger partial charge in [-0.05, 0) is 55.5 Å². The van der Waals surface area contributed by atoms with Crippen molar-refractivity contribution in [1.82, 2.24) is 0 Å². The summed E-state index contributed by atoms with van der Waals surface area (Å²) in [6, 6.07) is 8.84. The molecule has 2 aromatic carbocycles. The molecule has 148 valence electrons. The van der Waals surface area contributed by atoms with E-state index >= 15 is 0 Å². The minimum Gasteiger partial charge on any atom is -0.496 e. The Morgan fingerprint density at radius 3 is 2.86 bits per heavy atom. The zero-order valence-corrected chi connectivity index (χ0v) is 17.4. The molecule has 3 atom stereocenters. The highest BCUT2D eigenvalue weighted by atomic mass is 79.9. The monoisotopic (exact) mass is 448 g/mol. The Labute approximate surface area is 172 Å². The topological polar surface area (TPSA) is 44.8 Å². The van der Waals surface area contributed by atoms with E-state index in [1.54, 1.807) is 13.2 Å². The summed E-state index contributed by atoms with van der Waals surface area (Å²) in [5.74, 6) is 0.934. The summed E-state index contributed by atoms with van der Waals surface area (Å²) in [7, 11) is 1.60. The summed E-state index contributed by atoms with van der Waals surface area (Å²) in [6.45, 7) is 2.20. The van der Waals surface area contributed by atoms with Crippen LogP contribution in [0, 0.1) is 11.7 Å². The molecule has 0 spiro atoms. The van der Waals surface area contributed by atoms with Crippen LogP contribution in [0.25, 0.3) is 0 Å². The number of ether oxygens (including phenoxy) is 3. The van der Waals surface area contributed by atoms with Gasteiger partial charge in [-0.1, -0.05) is 22.0 Å². The first-order valence-corrected chi connectivity index (χ1v) is 10.3. The predicted octanol–water partition coefficient (Wildman–Crippen LogP) is 5.33. The van der Waals surface area contributed by atoms with Crippen LogP contribution in [0.2, 0.25) is 0 Å². The van der Waals surface area contributed by atoms with Gasteiger partial charge in [-0.2, -0.15) is 0 Å². The molecule has 2 unspecified atom stereocenters. The maximum Gasteiger partial charge on any atom is 0.309 e. The molecule has 6 heteroatoms. The van der Waals surface area contributed by atoms with Gasteiger partial charge in [0.25, 0.3) is 0 Å². The van der Waals surface area contributed by atoms with E-state index in [1.807, 2.05) is 25.1 Å². The quantitative estimate of drug-likeness (QED) is 0.560. The Kier molecular flexibility index (Phi) is 5.32. The van der Waals surface area contributed by atoms with Crippen LogP contribution >= 0.6 is 15.9 Å². The molecule has 0 saturated heterocycles. The highest BCUT2D eigenvalue weighted by molar-refractivity contribution is 9.10. The zero-order chi connectivity index (χ0) is 19.8. The molecule has 2 aliphatic carbocycles. The Bertz CT molecular complexity index is 914. The van der Waals surface area contributed by atoms with Crippen molar-refractivity contribution >= 4 is 21.9 Å². The molecule has 0 aromatic heterocycles. The lowest BCUT2D eigenvalue weighted by molar-refractivity contribution is -0.144. The third-order valence-corrected chi connectivity index (χ3v) is 6.23. The van der Waals surface area contributed by atoms with Gasteiger partial charge in [0.05, 0.1) is 19.6 Å². The summed E-state index contributed by atoms with van der Waals surface area (Å²) in [4.78, 5) is 11.9. The van der Waals surface area contributed by atoms with E-state index < -0.39 is 0 Å². The number of benzene rings is 2. The van der Waals surface area contributed by atoms with Gasteiger partial charge in [-0.15, -0.1) is 0 Å². The lowest BCUT2D eigenvalue weighted by Crippen LogP contribution is -2.08. The van der Waals surface area contributed by atoms with Gasteiger partial charge in [-0.3, -0.25) is 4.79 Å². The van der Waals surface area contributed by atoms with Gasteiger partial charge in [0.1, 0.15) is 23.4 Å². The van der Waals surface area contributed by atoms with Crippen LogP contribution in [0.3, 0.4) is 0 Å². The van der Waals surface area contributed by atoms with Gasteiger partial charge in [0.2, 0.25) is 0 Å². The van der Waals surface area contributed by atoms with Crippen molar-refractivity contribution in [2.24, 2.45) is 5.92 Å². The SMILES string of the molecule is CCOC(=O)C1CC1c1ccc(O[C@@H]2CCc3c(Br)ccc(F)c32)cc1OC. The second-order valence-electron chi connectivity index (χ2n) is 7.17. The first-order chi connectivity index (χ1) is 13.5. The van der Waals surface area contributed by atoms with Crippen LogP contribution < -0.4 is 9.47 Å². The van der Waals surface area contributed by atoms with E-state index in [9.17, 15) is 9.18 Å². The molecule has 4 nitrogen and oxygen atoms in total. The Morgan fingerprint density at radius 1 is 1.29 bits per heavy atom. The minimum atomic E-state index is -0.323. The second kappa shape index (κ2) is 7.74. The molecule has 28 heavy (non-hydrogen) atoms. The van der Waals surface area contributed by atoms with Crippen molar-refractivity contribution in [3.8, 4) is 11.5 Å². The van der Waals surface area contributed by atoms with Crippen molar-refractivity contribution in [3.63, 3.8) is 0 Å². The van der Waals surface area contributed by atoms with Crippen molar-refractivity contribution in [1.29, 1.82) is 0 Å². The molecule has 0 heterocycles. The molecule has 1 fully saturated rings. The molecule has 0 amide bonds. The number of halogens is 2. The molecule has 0 N–H and O–H groups in total. The highest BCUT2D eigenvalue weighted by Gasteiger charge is 2.46. The number of hydrogen-bond donors (Lipinski definition) is 0. The van der Waals surface area contributed by atoms with Gasteiger partial charge in [0.15, 0.2) is 0 Å². The maximum atomic E-state index is 14.4. The largest absolute Gasteiger partial charge is 0.496 e. The molecule has 1 saturated carbocycles. The van der Waals surface area contributed by atoms with Crippen molar-refractivity contribution in [3.05, 3.63) is 57.3 Å². The number of methoxy groups -OCH3 is 1. The molecule has 0 bridgehead atoms. The summed E-state index contributed by atoms with van der Waals surface area (Å²) >= 11 is 3.50. The van der Waals surface area contributed by atoms with Crippen LogP contribution in [0.1, 0.15) is 48.5 Å². The Balaban J connectivity index is 1.53. The normalized spacial score (nSPS) is 22.5. The molecule has 2 aromatic rings. The van der Waals surface area contributed by atoms with E-state index in [2.05, 4.69) is 15.9 Å². The van der Waals surface area contributed by atoms with E-state index in [-0.39, 0.29) is 29.7 Å². The maximum absolute atomic E-state index is 14.4. The predicted molar refractivity (Wildman–Crippen MR) is 106 cm³/mol. The molecule has 0 radical (unpaired) electrons. The first-order valence-electron chi connectivity index (χ1n) is 9.51. The van der Waals surface area contributed by atoms with Crippen molar-refractivity contribution < 1.29 is 23.4 Å². The van der Waals surface area contributed by atoms with E-state index in [0.29, 0.717) is 23.7 Å². The third kappa shape index (κ3) is 3.50. The van der Waals surface area contributed by atoms with Crippen LogP contribution in [-0.4, -0.2) is 19.7 Å². The average molecular weight is 449 g/mol. The molecule has 0 aliphatic heterocycles. The second-order valence-corrected chi connectivity index (χ2v) is 8.03. The molecule has 2 aliphatic rings. The number of carbonyl (C=O) groups excluding carboxylic acids is 1. The Hall–Kier alpha value is -2.08. The first kappa shape index (κ1) is 19.2. The number of carbonyl (C=O) groups is 1. The van der Waals surface area contributed by atoms with Crippen LogP contribution in [0.15, 0.2) is 34.8 Å². The minimum absolute atomic E-state index is 0.103. The molecule has 4 rings (SSSR count). The van der Waals surface area contributed by atoms with Crippen LogP contribution in [0.5, 0.6) is 11.5 Å². The average Bonchev–Trinajstić information content (AvgIpc) is 3.38. The van der Waals surface area contributed by atoms with Gasteiger partial charge in [0, 0.05) is 22.0 Å². The fourth-order valence-electron chi connectivity index (χ4n) is 4.03. The highest BCUT2D eigenvalue weighted by Crippen LogP contribution is 2.52. The summed E-state index contributed by atoms with van der Waals surface area (Å²) in [5, 5.41) is 0. The smallest absolute Gasteiger partial charge is 0.309 e. The van der Waals surface area contributed by atoms with E-state index in [1.165, 1.54) is 6.07 Å². The van der Waals surface area contributed by atoms with E-state index in [4.69, 9.17) is 14.2 Å². The fourth-order valence-corrected chi connectivity index (χ4v) is 4.58. The standard InChI is InChI=1S/C22H22BrFO4/c1-3-27-22(25)16-11-15(16)13-5-4-12(10-20(13)26-2)28-19-9-6-14-17(23)7-8-18(24)21(14)19/h4-5,7-8,10,15-16,19H,3,6,9,11H2,1-2H3/t15?,16?,19-/m1/s1. The van der Waals surface area contributed by atoms with Crippen LogP contribution in [-0.2, 0) is 16.0 Å². The Morgan fingerprint density at radius 2 is 2.11 bits per heavy atom. The van der Waals surface area contributed by atoms with Crippen molar-refractivity contribution in [2.45, 2.75) is 38.2 Å². The number of hydrogen-bond acceptors (Lipinski definition) is 4. The summed E-state index contributed by atoms with van der Waals surface area (Å²) in [6.07, 6.45) is 1.95. The lowest BCUT2D eigenvalue weighted by Gasteiger charge is -2.17. The third-order valence-electron chi connectivity index (χ3n) is 5.49.